The van der Waals surface area contributed by atoms with Crippen LogP contribution < -0.4 is 16.8 Å². The van der Waals surface area contributed by atoms with Gasteiger partial charge in [0, 0.05) is 17.8 Å². The lowest BCUT2D eigenvalue weighted by molar-refractivity contribution is 0.174. The van der Waals surface area contributed by atoms with E-state index in [1.54, 1.807) is 0 Å². The summed E-state index contributed by atoms with van der Waals surface area (Å²) < 4.78 is 0. The molecule has 17 heavy (non-hydrogen) atoms. The molecular weight excluding hydrogens is 210 g/mol. The standard InChI is InChI=1S/C14H23N3/c1-9-6-10(2)17-14(13(9)8-15)11-4-3-5-12(16)7-11/h3-5,7,9-10,13-14,17H,6,8,15-16H2,1-2H3. The Hall–Kier alpha value is -1.06. The lowest BCUT2D eigenvalue weighted by atomic mass is 9.77. The van der Waals surface area contributed by atoms with Gasteiger partial charge in [-0.3, -0.25) is 0 Å². The minimum Gasteiger partial charge on any atom is -0.399 e. The van der Waals surface area contributed by atoms with Crippen LogP contribution in [0.4, 0.5) is 5.69 Å². The highest BCUT2D eigenvalue weighted by Gasteiger charge is 2.33. The first kappa shape index (κ1) is 12.4. The fourth-order valence-corrected chi connectivity index (χ4v) is 3.02. The van der Waals surface area contributed by atoms with Gasteiger partial charge in [0.1, 0.15) is 0 Å². The van der Waals surface area contributed by atoms with E-state index in [0.717, 1.165) is 12.2 Å². The van der Waals surface area contributed by atoms with E-state index in [0.29, 0.717) is 23.9 Å². The maximum absolute atomic E-state index is 5.93. The van der Waals surface area contributed by atoms with Crippen molar-refractivity contribution in [1.82, 2.24) is 5.32 Å². The molecule has 1 fully saturated rings. The molecule has 4 unspecified atom stereocenters. The smallest absolute Gasteiger partial charge is 0.0366 e. The Balaban J connectivity index is 2.27. The van der Waals surface area contributed by atoms with Gasteiger partial charge in [-0.05, 0) is 49.4 Å². The Labute approximate surface area is 104 Å². The highest BCUT2D eigenvalue weighted by molar-refractivity contribution is 5.42. The largest absolute Gasteiger partial charge is 0.399 e. The number of nitrogen functional groups attached to an aromatic ring is 1. The Bertz CT molecular complexity index is 377. The molecule has 1 aliphatic heterocycles. The third-order valence-corrected chi connectivity index (χ3v) is 3.89. The summed E-state index contributed by atoms with van der Waals surface area (Å²) in [7, 11) is 0. The number of nitrogens with one attached hydrogen (secondary N) is 1. The molecule has 2 rings (SSSR count). The lowest BCUT2D eigenvalue weighted by Crippen LogP contribution is -2.46. The molecule has 0 aromatic heterocycles. The summed E-state index contributed by atoms with van der Waals surface area (Å²) in [6.45, 7) is 5.26. The van der Waals surface area contributed by atoms with Crippen LogP contribution in [-0.2, 0) is 0 Å². The average molecular weight is 233 g/mol. The van der Waals surface area contributed by atoms with Crippen LogP contribution in [0, 0.1) is 11.8 Å². The van der Waals surface area contributed by atoms with Crippen molar-refractivity contribution in [3.05, 3.63) is 29.8 Å². The zero-order valence-electron chi connectivity index (χ0n) is 10.7. The van der Waals surface area contributed by atoms with Crippen molar-refractivity contribution in [2.45, 2.75) is 32.4 Å². The van der Waals surface area contributed by atoms with Gasteiger partial charge in [0.2, 0.25) is 0 Å². The molecule has 0 radical (unpaired) electrons. The minimum absolute atomic E-state index is 0.335. The van der Waals surface area contributed by atoms with E-state index in [1.165, 1.54) is 12.0 Å². The molecule has 0 amide bonds. The number of hydrogen-bond acceptors (Lipinski definition) is 3. The molecule has 0 saturated carbocycles. The van der Waals surface area contributed by atoms with E-state index >= 15 is 0 Å². The van der Waals surface area contributed by atoms with Crippen LogP contribution in [0.25, 0.3) is 0 Å². The number of piperidine rings is 1. The highest BCUT2D eigenvalue weighted by Crippen LogP contribution is 2.35. The molecule has 1 aliphatic rings. The summed E-state index contributed by atoms with van der Waals surface area (Å²) in [5, 5.41) is 3.66. The Morgan fingerprint density at radius 2 is 2.12 bits per heavy atom. The second-order valence-electron chi connectivity index (χ2n) is 5.33. The van der Waals surface area contributed by atoms with Crippen molar-refractivity contribution >= 4 is 5.69 Å². The van der Waals surface area contributed by atoms with Gasteiger partial charge in [-0.15, -0.1) is 0 Å². The molecule has 0 aliphatic carbocycles. The summed E-state index contributed by atoms with van der Waals surface area (Å²) in [6.07, 6.45) is 1.20. The molecule has 3 nitrogen and oxygen atoms in total. The molecule has 4 atom stereocenters. The topological polar surface area (TPSA) is 64.1 Å². The zero-order chi connectivity index (χ0) is 12.4. The molecule has 5 N–H and O–H groups in total. The lowest BCUT2D eigenvalue weighted by Gasteiger charge is -2.40. The van der Waals surface area contributed by atoms with Crippen LogP contribution in [-0.4, -0.2) is 12.6 Å². The number of rotatable bonds is 2. The molecule has 1 aromatic rings. The van der Waals surface area contributed by atoms with Gasteiger partial charge >= 0.3 is 0 Å². The predicted molar refractivity (Wildman–Crippen MR) is 72.5 cm³/mol. The Morgan fingerprint density at radius 3 is 2.76 bits per heavy atom. The van der Waals surface area contributed by atoms with E-state index in [-0.39, 0.29) is 0 Å². The summed E-state index contributed by atoms with van der Waals surface area (Å²) >= 11 is 0. The second kappa shape index (κ2) is 5.07. The predicted octanol–water partition coefficient (Wildman–Crippen LogP) is 1.90. The molecule has 3 heteroatoms. The van der Waals surface area contributed by atoms with E-state index < -0.39 is 0 Å². The van der Waals surface area contributed by atoms with E-state index in [4.69, 9.17) is 11.5 Å². The third kappa shape index (κ3) is 2.61. The first-order valence-electron chi connectivity index (χ1n) is 6.43. The van der Waals surface area contributed by atoms with Gasteiger partial charge in [0.25, 0.3) is 0 Å². The fourth-order valence-electron chi connectivity index (χ4n) is 3.02. The van der Waals surface area contributed by atoms with Crippen LogP contribution in [0.3, 0.4) is 0 Å². The minimum atomic E-state index is 0.335. The summed E-state index contributed by atoms with van der Waals surface area (Å²) in [4.78, 5) is 0. The van der Waals surface area contributed by atoms with Crippen molar-refractivity contribution < 1.29 is 0 Å². The molecule has 1 saturated heterocycles. The van der Waals surface area contributed by atoms with Crippen LogP contribution >= 0.6 is 0 Å². The fraction of sp³-hybridized carbons (Fsp3) is 0.571. The number of hydrogen-bond donors (Lipinski definition) is 3. The molecule has 1 heterocycles. The maximum Gasteiger partial charge on any atom is 0.0366 e. The van der Waals surface area contributed by atoms with Crippen molar-refractivity contribution in [3.63, 3.8) is 0 Å². The van der Waals surface area contributed by atoms with Gasteiger partial charge < -0.3 is 16.8 Å². The summed E-state index contributed by atoms with van der Waals surface area (Å²) in [5.41, 5.74) is 13.9. The monoisotopic (exact) mass is 233 g/mol. The second-order valence-corrected chi connectivity index (χ2v) is 5.33. The molecule has 1 aromatic carbocycles. The van der Waals surface area contributed by atoms with Crippen LogP contribution in [0.15, 0.2) is 24.3 Å². The van der Waals surface area contributed by atoms with Gasteiger partial charge in [-0.1, -0.05) is 19.1 Å². The number of nitrogens with two attached hydrogens (primary N) is 2. The van der Waals surface area contributed by atoms with E-state index in [1.807, 2.05) is 12.1 Å². The van der Waals surface area contributed by atoms with Crippen molar-refractivity contribution in [1.29, 1.82) is 0 Å². The van der Waals surface area contributed by atoms with Crippen LogP contribution in [0.2, 0.25) is 0 Å². The molecule has 94 valence electrons. The molecule has 0 spiro atoms. The van der Waals surface area contributed by atoms with Crippen molar-refractivity contribution in [3.8, 4) is 0 Å². The van der Waals surface area contributed by atoms with Crippen molar-refractivity contribution in [2.75, 3.05) is 12.3 Å². The van der Waals surface area contributed by atoms with Gasteiger partial charge in [-0.25, -0.2) is 0 Å². The summed E-state index contributed by atoms with van der Waals surface area (Å²) in [5.74, 6) is 1.15. The molecule has 0 bridgehead atoms. The Morgan fingerprint density at radius 1 is 1.35 bits per heavy atom. The SMILES string of the molecule is CC1CC(C)C(CN)C(c2cccc(N)c2)N1. The Kier molecular flexibility index (Phi) is 3.69. The van der Waals surface area contributed by atoms with Gasteiger partial charge in [-0.2, -0.15) is 0 Å². The van der Waals surface area contributed by atoms with Crippen molar-refractivity contribution in [2.24, 2.45) is 17.6 Å². The number of benzene rings is 1. The molecular formula is C14H23N3. The van der Waals surface area contributed by atoms with Gasteiger partial charge in [0.15, 0.2) is 0 Å². The normalized spacial score (nSPS) is 33.6. The van der Waals surface area contributed by atoms with Gasteiger partial charge in [0.05, 0.1) is 0 Å². The van der Waals surface area contributed by atoms with E-state index in [9.17, 15) is 0 Å². The third-order valence-electron chi connectivity index (χ3n) is 3.89. The number of anilines is 1. The van der Waals surface area contributed by atoms with Crippen LogP contribution in [0.1, 0.15) is 31.9 Å². The first-order valence-corrected chi connectivity index (χ1v) is 6.43. The van der Waals surface area contributed by atoms with E-state index in [2.05, 4.69) is 31.3 Å². The van der Waals surface area contributed by atoms with Crippen LogP contribution in [0.5, 0.6) is 0 Å². The highest BCUT2D eigenvalue weighted by atomic mass is 15.0. The quantitative estimate of drug-likeness (QED) is 0.684. The first-order chi connectivity index (χ1) is 8.11. The maximum atomic E-state index is 5.93. The summed E-state index contributed by atoms with van der Waals surface area (Å²) in [6, 6.07) is 9.02. The zero-order valence-corrected chi connectivity index (χ0v) is 10.7. The average Bonchev–Trinajstić information content (AvgIpc) is 2.28.